The molecule has 88 valence electrons. The molecule has 0 aliphatic heterocycles. The number of anilines is 1. The number of rotatable bonds is 4. The minimum Gasteiger partial charge on any atom is -0.374 e. The SMILES string of the molecule is CN(CCC#N)c1ccc(C=C(C#N)C#N)cc1. The van der Waals surface area contributed by atoms with E-state index in [1.165, 1.54) is 0 Å². The highest BCUT2D eigenvalue weighted by molar-refractivity contribution is 5.63. The summed E-state index contributed by atoms with van der Waals surface area (Å²) in [6.07, 6.45) is 2.02. The lowest BCUT2D eigenvalue weighted by atomic mass is 10.1. The first-order chi connectivity index (χ1) is 8.71. The van der Waals surface area contributed by atoms with E-state index in [-0.39, 0.29) is 5.57 Å². The second-order valence-electron chi connectivity index (χ2n) is 3.70. The predicted molar refractivity (Wildman–Crippen MR) is 69.1 cm³/mol. The number of nitriles is 3. The topological polar surface area (TPSA) is 74.6 Å². The maximum Gasteiger partial charge on any atom is 0.130 e. The van der Waals surface area contributed by atoms with Crippen molar-refractivity contribution in [2.24, 2.45) is 0 Å². The largest absolute Gasteiger partial charge is 0.374 e. The quantitative estimate of drug-likeness (QED) is 0.752. The second-order valence-corrected chi connectivity index (χ2v) is 3.70. The molecule has 0 saturated heterocycles. The summed E-state index contributed by atoms with van der Waals surface area (Å²) < 4.78 is 0. The zero-order chi connectivity index (χ0) is 13.4. The van der Waals surface area contributed by atoms with E-state index in [1.54, 1.807) is 6.08 Å². The first-order valence-corrected chi connectivity index (χ1v) is 5.41. The molecule has 0 N–H and O–H groups in total. The van der Waals surface area contributed by atoms with E-state index < -0.39 is 0 Å². The van der Waals surface area contributed by atoms with Gasteiger partial charge in [-0.25, -0.2) is 0 Å². The molecule has 18 heavy (non-hydrogen) atoms. The third-order valence-corrected chi connectivity index (χ3v) is 2.44. The molecule has 0 bridgehead atoms. The summed E-state index contributed by atoms with van der Waals surface area (Å²) in [6.45, 7) is 0.674. The van der Waals surface area contributed by atoms with Crippen molar-refractivity contribution in [3.05, 3.63) is 35.4 Å². The van der Waals surface area contributed by atoms with E-state index in [2.05, 4.69) is 6.07 Å². The fourth-order valence-corrected chi connectivity index (χ4v) is 1.43. The standard InChI is InChI=1S/C14H12N4/c1-18(8-2-7-15)14-5-3-12(4-6-14)9-13(10-16)11-17/h3-6,9H,2,8H2,1H3. The van der Waals surface area contributed by atoms with Gasteiger partial charge in [-0.2, -0.15) is 15.8 Å². The zero-order valence-electron chi connectivity index (χ0n) is 10.1. The van der Waals surface area contributed by atoms with Gasteiger partial charge in [-0.1, -0.05) is 12.1 Å². The van der Waals surface area contributed by atoms with Gasteiger partial charge in [0.25, 0.3) is 0 Å². The van der Waals surface area contributed by atoms with E-state index >= 15 is 0 Å². The van der Waals surface area contributed by atoms with Gasteiger partial charge in [0.2, 0.25) is 0 Å². The molecular formula is C14H12N4. The van der Waals surface area contributed by atoms with Crippen LogP contribution in [0.3, 0.4) is 0 Å². The molecule has 1 rings (SSSR count). The average Bonchev–Trinajstić information content (AvgIpc) is 2.42. The lowest BCUT2D eigenvalue weighted by Crippen LogP contribution is -2.17. The molecule has 0 unspecified atom stereocenters. The van der Waals surface area contributed by atoms with Gasteiger partial charge in [0.15, 0.2) is 0 Å². The summed E-state index contributed by atoms with van der Waals surface area (Å²) in [5, 5.41) is 25.8. The highest BCUT2D eigenvalue weighted by Crippen LogP contribution is 2.15. The van der Waals surface area contributed by atoms with Crippen molar-refractivity contribution >= 4 is 11.8 Å². The highest BCUT2D eigenvalue weighted by Gasteiger charge is 2.00. The van der Waals surface area contributed by atoms with E-state index in [0.717, 1.165) is 11.3 Å². The summed E-state index contributed by atoms with van der Waals surface area (Å²) in [6, 6.07) is 13.2. The summed E-state index contributed by atoms with van der Waals surface area (Å²) in [4.78, 5) is 1.98. The van der Waals surface area contributed by atoms with Crippen LogP contribution in [0.25, 0.3) is 6.08 Å². The zero-order valence-corrected chi connectivity index (χ0v) is 10.1. The third-order valence-electron chi connectivity index (χ3n) is 2.44. The summed E-state index contributed by atoms with van der Waals surface area (Å²) in [5.74, 6) is 0. The Kier molecular flexibility index (Phi) is 4.98. The van der Waals surface area contributed by atoms with Gasteiger partial charge in [-0.3, -0.25) is 0 Å². The van der Waals surface area contributed by atoms with E-state index in [4.69, 9.17) is 15.8 Å². The lowest BCUT2D eigenvalue weighted by Gasteiger charge is -2.17. The molecule has 4 nitrogen and oxygen atoms in total. The number of hydrogen-bond acceptors (Lipinski definition) is 4. The van der Waals surface area contributed by atoms with Crippen LogP contribution in [0.4, 0.5) is 5.69 Å². The van der Waals surface area contributed by atoms with Crippen molar-refractivity contribution in [2.45, 2.75) is 6.42 Å². The average molecular weight is 236 g/mol. The van der Waals surface area contributed by atoms with Gasteiger partial charge >= 0.3 is 0 Å². The van der Waals surface area contributed by atoms with Crippen LogP contribution in [0.1, 0.15) is 12.0 Å². The van der Waals surface area contributed by atoms with Gasteiger partial charge in [-0.15, -0.1) is 0 Å². The molecule has 0 radical (unpaired) electrons. The van der Waals surface area contributed by atoms with Crippen LogP contribution >= 0.6 is 0 Å². The lowest BCUT2D eigenvalue weighted by molar-refractivity contribution is 0.905. The van der Waals surface area contributed by atoms with Crippen LogP contribution in [0.5, 0.6) is 0 Å². The van der Waals surface area contributed by atoms with Crippen molar-refractivity contribution in [1.29, 1.82) is 15.8 Å². The molecule has 0 atom stereocenters. The number of benzene rings is 1. The van der Waals surface area contributed by atoms with Gasteiger partial charge < -0.3 is 4.90 Å². The molecule has 4 heteroatoms. The molecule has 0 aromatic heterocycles. The van der Waals surface area contributed by atoms with Crippen LogP contribution in [0.2, 0.25) is 0 Å². The smallest absolute Gasteiger partial charge is 0.130 e. The van der Waals surface area contributed by atoms with Crippen LogP contribution in [0.15, 0.2) is 29.8 Å². The molecule has 0 amide bonds. The normalized spacial score (nSPS) is 8.56. The Morgan fingerprint density at radius 1 is 1.17 bits per heavy atom. The second kappa shape index (κ2) is 6.74. The number of nitrogens with zero attached hydrogens (tertiary/aromatic N) is 4. The summed E-state index contributed by atoms with van der Waals surface area (Å²) in [7, 11) is 1.91. The minimum atomic E-state index is 0.0839. The molecule has 0 spiro atoms. The Morgan fingerprint density at radius 3 is 2.28 bits per heavy atom. The molecule has 0 aliphatic carbocycles. The maximum atomic E-state index is 8.65. The molecule has 0 saturated carbocycles. The van der Waals surface area contributed by atoms with Crippen molar-refractivity contribution in [3.8, 4) is 18.2 Å². The van der Waals surface area contributed by atoms with Crippen LogP contribution in [-0.4, -0.2) is 13.6 Å². The first-order valence-electron chi connectivity index (χ1n) is 5.41. The maximum absolute atomic E-state index is 8.65. The summed E-state index contributed by atoms with van der Waals surface area (Å²) in [5.41, 5.74) is 1.89. The van der Waals surface area contributed by atoms with Crippen molar-refractivity contribution in [2.75, 3.05) is 18.5 Å². The van der Waals surface area contributed by atoms with Gasteiger partial charge in [0.1, 0.15) is 17.7 Å². The highest BCUT2D eigenvalue weighted by atomic mass is 15.1. The van der Waals surface area contributed by atoms with Crippen molar-refractivity contribution < 1.29 is 0 Å². The monoisotopic (exact) mass is 236 g/mol. The molecule has 0 fully saturated rings. The van der Waals surface area contributed by atoms with E-state index in [1.807, 2.05) is 48.4 Å². The Labute approximate surface area is 107 Å². The Bertz CT molecular complexity index is 533. The number of allylic oxidation sites excluding steroid dienone is 1. The van der Waals surface area contributed by atoms with Crippen LogP contribution in [0, 0.1) is 34.0 Å². The fourth-order valence-electron chi connectivity index (χ4n) is 1.43. The molecule has 0 heterocycles. The Morgan fingerprint density at radius 2 is 1.78 bits per heavy atom. The van der Waals surface area contributed by atoms with Gasteiger partial charge in [0, 0.05) is 19.3 Å². The van der Waals surface area contributed by atoms with Crippen molar-refractivity contribution in [3.63, 3.8) is 0 Å². The molecule has 1 aromatic carbocycles. The van der Waals surface area contributed by atoms with Crippen LogP contribution in [-0.2, 0) is 0 Å². The molecule has 0 aliphatic rings. The fraction of sp³-hybridized carbons (Fsp3) is 0.214. The summed E-state index contributed by atoms with van der Waals surface area (Å²) >= 11 is 0. The van der Waals surface area contributed by atoms with E-state index in [0.29, 0.717) is 13.0 Å². The van der Waals surface area contributed by atoms with Gasteiger partial charge in [0.05, 0.1) is 12.5 Å². The minimum absolute atomic E-state index is 0.0839. The molecule has 1 aromatic rings. The number of hydrogen-bond donors (Lipinski definition) is 0. The van der Waals surface area contributed by atoms with E-state index in [9.17, 15) is 0 Å². The third kappa shape index (κ3) is 3.67. The van der Waals surface area contributed by atoms with Gasteiger partial charge in [-0.05, 0) is 23.8 Å². The van der Waals surface area contributed by atoms with Crippen molar-refractivity contribution in [1.82, 2.24) is 0 Å². The Balaban J connectivity index is 2.82. The molecular weight excluding hydrogens is 224 g/mol. The van der Waals surface area contributed by atoms with Crippen LogP contribution < -0.4 is 4.90 Å². The first kappa shape index (κ1) is 13.3. The predicted octanol–water partition coefficient (Wildman–Crippen LogP) is 2.47. The Hall–Kier alpha value is -2.77.